The van der Waals surface area contributed by atoms with Crippen LogP contribution in [0, 0.1) is 5.82 Å². The molecule has 0 saturated carbocycles. The lowest BCUT2D eigenvalue weighted by Crippen LogP contribution is -2.15. The summed E-state index contributed by atoms with van der Waals surface area (Å²) in [5.74, 6) is -2.05. The number of anilines is 1. The van der Waals surface area contributed by atoms with Gasteiger partial charge in [0.2, 0.25) is 0 Å². The molecule has 0 unspecified atom stereocenters. The Balaban J connectivity index is 1.74. The summed E-state index contributed by atoms with van der Waals surface area (Å²) >= 11 is 1.26. The number of rotatable bonds is 5. The third-order valence-corrected chi connectivity index (χ3v) is 5.49. The fraction of sp³-hybridized carbons (Fsp3) is 0. The maximum absolute atomic E-state index is 13.7. The van der Waals surface area contributed by atoms with Gasteiger partial charge in [0.25, 0.3) is 11.8 Å². The fourth-order valence-corrected chi connectivity index (χ4v) is 3.94. The van der Waals surface area contributed by atoms with Crippen molar-refractivity contribution in [1.29, 1.82) is 0 Å². The maximum atomic E-state index is 13.7. The van der Waals surface area contributed by atoms with Gasteiger partial charge in [0, 0.05) is 16.8 Å². The summed E-state index contributed by atoms with van der Waals surface area (Å²) < 4.78 is 13.7. The Hall–Kier alpha value is -3.84. The standard InChI is InChI=1S/C23H16FN3O2S/c24-18-12-11-16(13-17(18)21(25)28)26-22(29)20-19(14-7-3-1-4-8-14)27-23(30-20)15-9-5-2-6-10-15/h1-13H,(H2,25,28)(H,26,29). The average molecular weight is 417 g/mol. The highest BCUT2D eigenvalue weighted by atomic mass is 32.1. The first-order valence-electron chi connectivity index (χ1n) is 9.05. The molecule has 1 heterocycles. The lowest BCUT2D eigenvalue weighted by atomic mass is 10.1. The van der Waals surface area contributed by atoms with Gasteiger partial charge in [0.1, 0.15) is 15.7 Å². The summed E-state index contributed by atoms with van der Waals surface area (Å²) in [6, 6.07) is 22.6. The minimum atomic E-state index is -0.905. The van der Waals surface area contributed by atoms with Gasteiger partial charge in [0.15, 0.2) is 0 Å². The van der Waals surface area contributed by atoms with E-state index in [-0.39, 0.29) is 11.3 Å². The molecule has 0 fully saturated rings. The summed E-state index contributed by atoms with van der Waals surface area (Å²) in [7, 11) is 0. The number of carbonyl (C=O) groups is 2. The van der Waals surface area contributed by atoms with E-state index in [0.717, 1.165) is 17.2 Å². The molecule has 0 aliphatic carbocycles. The van der Waals surface area contributed by atoms with Crippen LogP contribution in [-0.2, 0) is 0 Å². The molecule has 3 aromatic carbocycles. The topological polar surface area (TPSA) is 85.1 Å². The molecule has 0 spiro atoms. The van der Waals surface area contributed by atoms with Gasteiger partial charge in [-0.25, -0.2) is 9.37 Å². The number of primary amides is 1. The summed E-state index contributed by atoms with van der Waals surface area (Å²) in [5, 5.41) is 3.42. The second-order valence-corrected chi connectivity index (χ2v) is 7.44. The number of hydrogen-bond acceptors (Lipinski definition) is 4. The molecule has 0 atom stereocenters. The number of aromatic nitrogens is 1. The number of thiazole rings is 1. The molecular formula is C23H16FN3O2S. The predicted molar refractivity (Wildman–Crippen MR) is 116 cm³/mol. The molecule has 5 nitrogen and oxygen atoms in total. The minimum absolute atomic E-state index is 0.267. The molecule has 4 aromatic rings. The molecule has 0 saturated heterocycles. The van der Waals surface area contributed by atoms with Gasteiger partial charge in [-0.15, -0.1) is 11.3 Å². The van der Waals surface area contributed by atoms with Gasteiger partial charge in [-0.1, -0.05) is 60.7 Å². The van der Waals surface area contributed by atoms with E-state index < -0.39 is 17.6 Å². The van der Waals surface area contributed by atoms with Crippen molar-refractivity contribution in [2.45, 2.75) is 0 Å². The first-order chi connectivity index (χ1) is 14.5. The monoisotopic (exact) mass is 417 g/mol. The number of nitrogens with two attached hydrogens (primary N) is 1. The van der Waals surface area contributed by atoms with Crippen LogP contribution in [0.2, 0.25) is 0 Å². The highest BCUT2D eigenvalue weighted by Crippen LogP contribution is 2.34. The first kappa shape index (κ1) is 19.5. The summed E-state index contributed by atoms with van der Waals surface area (Å²) in [6.45, 7) is 0. The second kappa shape index (κ2) is 8.26. The highest BCUT2D eigenvalue weighted by Gasteiger charge is 2.21. The summed E-state index contributed by atoms with van der Waals surface area (Å²) in [5.41, 5.74) is 7.43. The van der Waals surface area contributed by atoms with E-state index in [2.05, 4.69) is 5.32 Å². The second-order valence-electron chi connectivity index (χ2n) is 6.44. The van der Waals surface area contributed by atoms with Gasteiger partial charge in [-0.05, 0) is 18.2 Å². The van der Waals surface area contributed by atoms with E-state index >= 15 is 0 Å². The molecule has 148 valence electrons. The molecule has 0 radical (unpaired) electrons. The van der Waals surface area contributed by atoms with E-state index in [4.69, 9.17) is 10.7 Å². The molecule has 30 heavy (non-hydrogen) atoms. The van der Waals surface area contributed by atoms with Crippen LogP contribution in [-0.4, -0.2) is 16.8 Å². The van der Waals surface area contributed by atoms with Crippen molar-refractivity contribution in [3.8, 4) is 21.8 Å². The van der Waals surface area contributed by atoms with Crippen molar-refractivity contribution in [2.75, 3.05) is 5.32 Å². The molecule has 0 aliphatic rings. The molecule has 4 rings (SSSR count). The zero-order valence-electron chi connectivity index (χ0n) is 15.6. The number of hydrogen-bond donors (Lipinski definition) is 2. The smallest absolute Gasteiger partial charge is 0.268 e. The van der Waals surface area contributed by atoms with Crippen LogP contribution < -0.4 is 11.1 Å². The molecule has 0 aliphatic heterocycles. The van der Waals surface area contributed by atoms with Crippen LogP contribution in [0.3, 0.4) is 0 Å². The van der Waals surface area contributed by atoms with Crippen molar-refractivity contribution in [2.24, 2.45) is 5.73 Å². The minimum Gasteiger partial charge on any atom is -0.366 e. The average Bonchev–Trinajstić information content (AvgIpc) is 3.22. The zero-order chi connectivity index (χ0) is 21.1. The van der Waals surface area contributed by atoms with Gasteiger partial charge in [-0.3, -0.25) is 9.59 Å². The number of benzene rings is 3. The Kier molecular flexibility index (Phi) is 5.36. The van der Waals surface area contributed by atoms with Crippen molar-refractivity contribution in [3.05, 3.63) is 95.1 Å². The SMILES string of the molecule is NC(=O)c1cc(NC(=O)c2sc(-c3ccccc3)nc2-c2ccccc2)ccc1F. The number of amides is 2. The van der Waals surface area contributed by atoms with Gasteiger partial charge in [0.05, 0.1) is 11.3 Å². The number of nitrogens with one attached hydrogen (secondary N) is 1. The lowest BCUT2D eigenvalue weighted by molar-refractivity contribution is 0.0993. The molecular weight excluding hydrogens is 401 g/mol. The predicted octanol–water partition coefficient (Wildman–Crippen LogP) is 4.97. The number of carbonyl (C=O) groups excluding carboxylic acids is 2. The molecule has 0 bridgehead atoms. The number of halogens is 1. The van der Waals surface area contributed by atoms with Crippen molar-refractivity contribution in [3.63, 3.8) is 0 Å². The van der Waals surface area contributed by atoms with Gasteiger partial charge >= 0.3 is 0 Å². The van der Waals surface area contributed by atoms with Gasteiger partial charge < -0.3 is 11.1 Å². The lowest BCUT2D eigenvalue weighted by Gasteiger charge is -2.07. The zero-order valence-corrected chi connectivity index (χ0v) is 16.4. The summed E-state index contributed by atoms with van der Waals surface area (Å²) in [6.07, 6.45) is 0. The third kappa shape index (κ3) is 3.97. The molecule has 1 aromatic heterocycles. The van der Waals surface area contributed by atoms with Crippen LogP contribution in [0.5, 0.6) is 0 Å². The largest absolute Gasteiger partial charge is 0.366 e. The van der Waals surface area contributed by atoms with E-state index in [0.29, 0.717) is 15.6 Å². The normalized spacial score (nSPS) is 10.6. The van der Waals surface area contributed by atoms with E-state index in [9.17, 15) is 14.0 Å². The van der Waals surface area contributed by atoms with Crippen LogP contribution >= 0.6 is 11.3 Å². The van der Waals surface area contributed by atoms with E-state index in [1.165, 1.54) is 23.5 Å². The van der Waals surface area contributed by atoms with Crippen LogP contribution in [0.4, 0.5) is 10.1 Å². The number of nitrogens with zero attached hydrogens (tertiary/aromatic N) is 1. The van der Waals surface area contributed by atoms with E-state index in [1.54, 1.807) is 0 Å². The fourth-order valence-electron chi connectivity index (χ4n) is 2.95. The Labute approximate surface area is 176 Å². The first-order valence-corrected chi connectivity index (χ1v) is 9.87. The van der Waals surface area contributed by atoms with Crippen molar-refractivity contribution >= 4 is 28.8 Å². The Morgan fingerprint density at radius 3 is 2.17 bits per heavy atom. The maximum Gasteiger partial charge on any atom is 0.268 e. The Bertz CT molecular complexity index is 1220. The van der Waals surface area contributed by atoms with Crippen LogP contribution in [0.25, 0.3) is 21.8 Å². The molecule has 2 amide bonds. The Morgan fingerprint density at radius 2 is 1.53 bits per heavy atom. The highest BCUT2D eigenvalue weighted by molar-refractivity contribution is 7.17. The van der Waals surface area contributed by atoms with Gasteiger partial charge in [-0.2, -0.15) is 0 Å². The molecule has 3 N–H and O–H groups in total. The van der Waals surface area contributed by atoms with Crippen molar-refractivity contribution in [1.82, 2.24) is 4.98 Å². The summed E-state index contributed by atoms with van der Waals surface area (Å²) in [4.78, 5) is 29.6. The van der Waals surface area contributed by atoms with Crippen LogP contribution in [0.1, 0.15) is 20.0 Å². The van der Waals surface area contributed by atoms with Crippen LogP contribution in [0.15, 0.2) is 78.9 Å². The Morgan fingerprint density at radius 1 is 0.900 bits per heavy atom. The van der Waals surface area contributed by atoms with E-state index in [1.807, 2.05) is 60.7 Å². The molecule has 7 heteroatoms. The van der Waals surface area contributed by atoms with Crippen molar-refractivity contribution < 1.29 is 14.0 Å². The third-order valence-electron chi connectivity index (χ3n) is 4.39. The quantitative estimate of drug-likeness (QED) is 0.481.